The van der Waals surface area contributed by atoms with Crippen molar-refractivity contribution < 1.29 is 5.11 Å². The van der Waals surface area contributed by atoms with Gasteiger partial charge in [0.25, 0.3) is 0 Å². The molecule has 1 nitrogen and oxygen atoms in total. The van der Waals surface area contributed by atoms with Crippen LogP contribution >= 0.6 is 0 Å². The molecule has 0 aromatic carbocycles. The Labute approximate surface area is 61.0 Å². The summed E-state index contributed by atoms with van der Waals surface area (Å²) in [5, 5.41) is 8.07. The summed E-state index contributed by atoms with van der Waals surface area (Å²) in [7, 11) is 0. The van der Waals surface area contributed by atoms with Crippen molar-refractivity contribution in [3.05, 3.63) is 0 Å². The van der Waals surface area contributed by atoms with Gasteiger partial charge in [-0.2, -0.15) is 0 Å². The molecule has 0 atom stereocenters. The summed E-state index contributed by atoms with van der Waals surface area (Å²) in [6, 6.07) is 0. The first-order chi connectivity index (χ1) is 2.41. The van der Waals surface area contributed by atoms with E-state index in [4.69, 9.17) is 5.11 Å². The van der Waals surface area contributed by atoms with Crippen molar-refractivity contribution in [1.29, 1.82) is 0 Å². The maximum Gasteiger partial charge on any atom is 0.0430 e. The zero-order valence-electron chi connectivity index (χ0n) is 4.57. The number of hydrogen-bond acceptors (Lipinski definition) is 1. The minimum Gasteiger partial charge on any atom is -0.396 e. The van der Waals surface area contributed by atoms with Crippen LogP contribution in [-0.4, -0.2) is 41.3 Å². The Hall–Kier alpha value is 0.960. The fourth-order valence-electron chi connectivity index (χ4n) is 0.158. The van der Waals surface area contributed by atoms with E-state index in [1.165, 1.54) is 0 Å². The minimum atomic E-state index is 0. The van der Waals surface area contributed by atoms with Crippen molar-refractivity contribution in [2.75, 3.05) is 6.61 Å². The molecule has 0 rings (SSSR count). The van der Waals surface area contributed by atoms with Crippen molar-refractivity contribution in [1.82, 2.24) is 0 Å². The zero-order chi connectivity index (χ0) is 4.12. The quantitative estimate of drug-likeness (QED) is 0.494. The van der Waals surface area contributed by atoms with Gasteiger partial charge in [0.1, 0.15) is 0 Å². The van der Waals surface area contributed by atoms with Gasteiger partial charge in [0.15, 0.2) is 0 Å². The van der Waals surface area contributed by atoms with Crippen molar-refractivity contribution >= 4 is 29.6 Å². The molecule has 0 aliphatic heterocycles. The van der Waals surface area contributed by atoms with E-state index in [2.05, 4.69) is 6.92 Å². The van der Waals surface area contributed by atoms with Crippen LogP contribution in [0.3, 0.4) is 0 Å². The summed E-state index contributed by atoms with van der Waals surface area (Å²) in [5.41, 5.74) is 0. The Bertz CT molecular complexity index is 15.0. The van der Waals surface area contributed by atoms with Gasteiger partial charge >= 0.3 is 0 Å². The second-order valence-electron chi connectivity index (χ2n) is 1.08. The van der Waals surface area contributed by atoms with Crippen LogP contribution in [0.2, 0.25) is 0 Å². The van der Waals surface area contributed by atoms with Crippen LogP contribution in [0.25, 0.3) is 0 Å². The van der Waals surface area contributed by atoms with E-state index < -0.39 is 0 Å². The van der Waals surface area contributed by atoms with Crippen LogP contribution in [0.5, 0.6) is 0 Å². The van der Waals surface area contributed by atoms with E-state index in [9.17, 15) is 0 Å². The summed E-state index contributed by atoms with van der Waals surface area (Å²) in [6.45, 7) is 2.40. The molecule has 0 saturated heterocycles. The molecule has 33 valence electrons. The fourth-order valence-corrected chi connectivity index (χ4v) is 0.158. The van der Waals surface area contributed by atoms with Gasteiger partial charge in [-0.25, -0.2) is 0 Å². The SMILES string of the molecule is CCCCO.[Na]. The Kier molecular flexibility index (Phi) is 15.7. The third-order valence-corrected chi connectivity index (χ3v) is 0.512. The Morgan fingerprint density at radius 1 is 1.50 bits per heavy atom. The van der Waals surface area contributed by atoms with Gasteiger partial charge in [0.2, 0.25) is 0 Å². The van der Waals surface area contributed by atoms with Crippen LogP contribution in [0.1, 0.15) is 19.8 Å². The van der Waals surface area contributed by atoms with E-state index in [1.807, 2.05) is 0 Å². The number of rotatable bonds is 2. The first kappa shape index (κ1) is 10.0. The smallest absolute Gasteiger partial charge is 0.0430 e. The Balaban J connectivity index is 0. The second kappa shape index (κ2) is 9.35. The normalized spacial score (nSPS) is 7.00. The molecule has 0 unspecified atom stereocenters. The molecule has 6 heavy (non-hydrogen) atoms. The summed E-state index contributed by atoms with van der Waals surface area (Å²) >= 11 is 0. The van der Waals surface area contributed by atoms with Gasteiger partial charge in [-0.05, 0) is 6.42 Å². The molecule has 1 radical (unpaired) electrons. The number of aliphatic hydroxyl groups is 1. The van der Waals surface area contributed by atoms with Gasteiger partial charge in [0, 0.05) is 36.2 Å². The summed E-state index contributed by atoms with van der Waals surface area (Å²) in [5.74, 6) is 0. The predicted octanol–water partition coefficient (Wildman–Crippen LogP) is 0.398. The monoisotopic (exact) mass is 97.1 g/mol. The van der Waals surface area contributed by atoms with Crippen molar-refractivity contribution in [2.45, 2.75) is 19.8 Å². The Morgan fingerprint density at radius 3 is 2.00 bits per heavy atom. The van der Waals surface area contributed by atoms with E-state index in [-0.39, 0.29) is 29.6 Å². The van der Waals surface area contributed by atoms with E-state index in [1.54, 1.807) is 0 Å². The molecule has 1 N–H and O–H groups in total. The van der Waals surface area contributed by atoms with Crippen LogP contribution in [0, 0.1) is 0 Å². The largest absolute Gasteiger partial charge is 0.396 e. The first-order valence-electron chi connectivity index (χ1n) is 2.02. The average molecular weight is 97.1 g/mol. The molecular weight excluding hydrogens is 87.0 g/mol. The maximum atomic E-state index is 8.07. The average Bonchev–Trinajstić information content (AvgIpc) is 1.41. The topological polar surface area (TPSA) is 20.2 Å². The van der Waals surface area contributed by atoms with E-state index in [0.717, 1.165) is 12.8 Å². The van der Waals surface area contributed by atoms with Gasteiger partial charge in [-0.15, -0.1) is 0 Å². The summed E-state index contributed by atoms with van der Waals surface area (Å²) in [6.07, 6.45) is 2.04. The molecule has 0 aromatic rings. The molecule has 0 aromatic heterocycles. The van der Waals surface area contributed by atoms with Crippen LogP contribution in [-0.2, 0) is 0 Å². The fraction of sp³-hybridized carbons (Fsp3) is 1.00. The first-order valence-corrected chi connectivity index (χ1v) is 2.02. The maximum absolute atomic E-state index is 8.07. The number of hydrogen-bond donors (Lipinski definition) is 1. The molecule has 0 bridgehead atoms. The van der Waals surface area contributed by atoms with Gasteiger partial charge < -0.3 is 5.11 Å². The van der Waals surface area contributed by atoms with E-state index >= 15 is 0 Å². The molecule has 0 fully saturated rings. The standard InChI is InChI=1S/C4H10O.Na/c1-2-3-4-5;/h5H,2-4H2,1H3;. The number of unbranched alkanes of at least 4 members (excludes halogenated alkanes) is 1. The zero-order valence-corrected chi connectivity index (χ0v) is 6.57. The molecular formula is C4H10NaO. The summed E-state index contributed by atoms with van der Waals surface area (Å²) < 4.78 is 0. The van der Waals surface area contributed by atoms with Gasteiger partial charge in [0.05, 0.1) is 0 Å². The van der Waals surface area contributed by atoms with E-state index in [0.29, 0.717) is 6.61 Å². The predicted molar refractivity (Wildman–Crippen MR) is 27.7 cm³/mol. The second-order valence-corrected chi connectivity index (χ2v) is 1.08. The molecule has 0 heterocycles. The van der Waals surface area contributed by atoms with Crippen molar-refractivity contribution in [2.24, 2.45) is 0 Å². The molecule has 0 aliphatic rings. The van der Waals surface area contributed by atoms with Crippen LogP contribution < -0.4 is 0 Å². The third-order valence-electron chi connectivity index (χ3n) is 0.512. The molecule has 0 aliphatic carbocycles. The Morgan fingerprint density at radius 2 is 2.00 bits per heavy atom. The minimum absolute atomic E-state index is 0. The molecule has 0 saturated carbocycles. The van der Waals surface area contributed by atoms with Crippen molar-refractivity contribution in [3.8, 4) is 0 Å². The van der Waals surface area contributed by atoms with Crippen molar-refractivity contribution in [3.63, 3.8) is 0 Å². The molecule has 2 heteroatoms. The van der Waals surface area contributed by atoms with Crippen LogP contribution in [0.15, 0.2) is 0 Å². The van der Waals surface area contributed by atoms with Crippen LogP contribution in [0.4, 0.5) is 0 Å². The van der Waals surface area contributed by atoms with Gasteiger partial charge in [-0.1, -0.05) is 13.3 Å². The molecule has 0 amide bonds. The molecule has 0 spiro atoms. The van der Waals surface area contributed by atoms with Gasteiger partial charge in [-0.3, -0.25) is 0 Å². The number of aliphatic hydroxyl groups excluding tert-OH is 1. The third kappa shape index (κ3) is 8.88. The summed E-state index contributed by atoms with van der Waals surface area (Å²) in [4.78, 5) is 0.